The quantitative estimate of drug-likeness (QED) is 0.309. The Labute approximate surface area is 204 Å². The van der Waals surface area contributed by atoms with Gasteiger partial charge in [0.15, 0.2) is 0 Å². The molecule has 2 aromatic rings. The Morgan fingerprint density at radius 2 is 1.56 bits per heavy atom. The van der Waals surface area contributed by atoms with Crippen molar-refractivity contribution in [2.75, 3.05) is 4.90 Å². The number of rotatable bonds is 7. The maximum Gasteiger partial charge on any atom is 0.310 e. The Hall–Kier alpha value is -2.68. The van der Waals surface area contributed by atoms with E-state index in [0.717, 1.165) is 18.7 Å². The molecule has 1 heterocycles. The van der Waals surface area contributed by atoms with Crippen LogP contribution in [-0.2, 0) is 9.59 Å². The molecular weight excluding hydrogens is 548 g/mol. The van der Waals surface area contributed by atoms with Crippen molar-refractivity contribution in [2.24, 2.45) is 0 Å². The van der Waals surface area contributed by atoms with Crippen LogP contribution >= 0.6 is 21.8 Å². The molecule has 16 heteroatoms. The Morgan fingerprint density at radius 1 is 1.03 bits per heavy atom. The lowest BCUT2D eigenvalue weighted by Crippen LogP contribution is -2.49. The van der Waals surface area contributed by atoms with Gasteiger partial charge in [-0.1, -0.05) is 31.0 Å². The lowest BCUT2D eigenvalue weighted by atomic mass is 9.92. The summed E-state index contributed by atoms with van der Waals surface area (Å²) in [7, 11) is -10.1. The number of anilines is 1. The molecule has 1 aromatic carbocycles. The predicted octanol–water partition coefficient (Wildman–Crippen LogP) is 6.44. The number of benzene rings is 1. The summed E-state index contributed by atoms with van der Waals surface area (Å²) >= 11 is 5.28. The molecule has 1 aliphatic carbocycles. The van der Waals surface area contributed by atoms with Gasteiger partial charge in [-0.05, 0) is 37.1 Å². The van der Waals surface area contributed by atoms with Crippen LogP contribution in [0.4, 0.5) is 38.3 Å². The van der Waals surface area contributed by atoms with Gasteiger partial charge < -0.3 is 5.32 Å². The highest BCUT2D eigenvalue weighted by molar-refractivity contribution is 8.45. The van der Waals surface area contributed by atoms with Crippen LogP contribution in [0.2, 0.25) is 0 Å². The predicted molar refractivity (Wildman–Crippen MR) is 116 cm³/mol. The molecular formula is C20H19ClF8N4O2S. The van der Waals surface area contributed by atoms with E-state index in [1.807, 2.05) is 0 Å². The fraction of sp³-hybridized carbons (Fsp3) is 0.400. The zero-order chi connectivity index (χ0) is 27.0. The third-order valence-electron chi connectivity index (χ3n) is 5.45. The first-order valence-corrected chi connectivity index (χ1v) is 12.7. The molecule has 0 spiro atoms. The minimum atomic E-state index is -10.1. The van der Waals surface area contributed by atoms with E-state index < -0.39 is 69.1 Å². The molecule has 0 saturated heterocycles. The minimum absolute atomic E-state index is 0.0156. The molecule has 0 aliphatic heterocycles. The van der Waals surface area contributed by atoms with Gasteiger partial charge in [-0.3, -0.25) is 14.5 Å². The van der Waals surface area contributed by atoms with Gasteiger partial charge in [-0.25, -0.2) is 23.1 Å². The monoisotopic (exact) mass is 566 g/mol. The molecule has 1 aliphatic rings. The molecule has 0 bridgehead atoms. The van der Waals surface area contributed by atoms with E-state index in [1.165, 1.54) is 0 Å². The summed E-state index contributed by atoms with van der Waals surface area (Å²) in [6, 6.07) is -1.71. The summed E-state index contributed by atoms with van der Waals surface area (Å²) in [5.41, 5.74) is -3.50. The Balaban J connectivity index is 2.04. The molecule has 36 heavy (non-hydrogen) atoms. The van der Waals surface area contributed by atoms with Crippen molar-refractivity contribution in [2.45, 2.75) is 54.2 Å². The molecule has 1 aromatic heterocycles. The lowest BCUT2D eigenvalue weighted by Gasteiger charge is -2.40. The summed E-state index contributed by atoms with van der Waals surface area (Å²) < 4.78 is 107. The van der Waals surface area contributed by atoms with Crippen molar-refractivity contribution >= 4 is 39.3 Å². The number of carbonyl (C=O) groups is 2. The smallest absolute Gasteiger partial charge is 0.310 e. The normalized spacial score (nSPS) is 19.9. The number of amides is 2. The zero-order valence-electron chi connectivity index (χ0n) is 18.1. The maximum absolute atomic E-state index is 13.9. The highest BCUT2D eigenvalue weighted by atomic mass is 35.5. The van der Waals surface area contributed by atoms with Crippen LogP contribution in [0.25, 0.3) is 0 Å². The van der Waals surface area contributed by atoms with E-state index in [1.54, 1.807) is 0 Å². The van der Waals surface area contributed by atoms with Crippen molar-refractivity contribution in [3.63, 3.8) is 0 Å². The molecule has 2 atom stereocenters. The number of nitrogens with zero attached hydrogens (tertiary/aromatic N) is 3. The molecule has 3 rings (SSSR count). The highest BCUT2D eigenvalue weighted by Gasteiger charge is 2.65. The van der Waals surface area contributed by atoms with Gasteiger partial charge in [0.25, 0.3) is 11.5 Å². The summed E-state index contributed by atoms with van der Waals surface area (Å²) in [5, 5.41) is 2.47. The molecule has 1 N–H and O–H groups in total. The minimum Gasteiger partial charge on any atom is -0.351 e. The Bertz CT molecular complexity index is 1110. The third kappa shape index (κ3) is 6.75. The summed E-state index contributed by atoms with van der Waals surface area (Å²) in [4.78, 5) is 31.4. The van der Waals surface area contributed by atoms with Crippen molar-refractivity contribution < 1.29 is 42.2 Å². The van der Waals surface area contributed by atoms with Gasteiger partial charge in [-0.2, -0.15) is 0 Å². The largest absolute Gasteiger partial charge is 0.351 e. The van der Waals surface area contributed by atoms with Crippen molar-refractivity contribution in [3.8, 4) is 0 Å². The van der Waals surface area contributed by atoms with Gasteiger partial charge in [0.1, 0.15) is 17.3 Å². The van der Waals surface area contributed by atoms with Gasteiger partial charge in [-0.15, -0.1) is 0 Å². The first-order valence-electron chi connectivity index (χ1n) is 10.3. The van der Waals surface area contributed by atoms with E-state index in [4.69, 9.17) is 11.6 Å². The average Bonchev–Trinajstić information content (AvgIpc) is 2.77. The van der Waals surface area contributed by atoms with Crippen LogP contribution < -0.4 is 10.2 Å². The number of aromatic nitrogens is 2. The van der Waals surface area contributed by atoms with Crippen molar-refractivity contribution in [1.29, 1.82) is 0 Å². The second kappa shape index (κ2) is 9.01. The zero-order valence-corrected chi connectivity index (χ0v) is 19.6. The van der Waals surface area contributed by atoms with Crippen molar-refractivity contribution in [3.05, 3.63) is 48.5 Å². The summed E-state index contributed by atoms with van der Waals surface area (Å²) in [5.74, 6) is -5.54. The maximum atomic E-state index is 13.9. The number of nitrogens with one attached hydrogen (secondary N) is 1. The van der Waals surface area contributed by atoms with Gasteiger partial charge in [0.05, 0.1) is 0 Å². The third-order valence-corrected chi connectivity index (χ3v) is 6.80. The fourth-order valence-corrected chi connectivity index (χ4v) is 4.46. The number of hydrogen-bond acceptors (Lipinski definition) is 4. The second-order valence-electron chi connectivity index (χ2n) is 8.18. The fourth-order valence-electron chi connectivity index (χ4n) is 3.71. The first-order chi connectivity index (χ1) is 16.4. The SMILES string of the molecule is O=C(NC1CCC(F)(F)CC1)C(c1cncnc1)N(C(=O)[C@H](F)Cl)c1ccc(S(F)(F)(F)(F)F)cc1. The highest BCUT2D eigenvalue weighted by Crippen LogP contribution is 3.02. The first kappa shape index (κ1) is 27.9. The Morgan fingerprint density at radius 3 is 2.03 bits per heavy atom. The van der Waals surface area contributed by atoms with Gasteiger partial charge >= 0.3 is 10.2 Å². The summed E-state index contributed by atoms with van der Waals surface area (Å²) in [6.07, 6.45) is 1.87. The number of carbonyl (C=O) groups excluding carboxylic acids is 2. The molecule has 6 nitrogen and oxygen atoms in total. The van der Waals surface area contributed by atoms with Crippen LogP contribution in [0.3, 0.4) is 0 Å². The number of alkyl halides is 4. The van der Waals surface area contributed by atoms with Crippen LogP contribution in [0.1, 0.15) is 37.3 Å². The van der Waals surface area contributed by atoms with Crippen LogP contribution in [-0.4, -0.2) is 39.4 Å². The molecule has 1 unspecified atom stereocenters. The molecule has 0 radical (unpaired) electrons. The van der Waals surface area contributed by atoms with E-state index in [-0.39, 0.29) is 30.5 Å². The van der Waals surface area contributed by atoms with E-state index in [0.29, 0.717) is 17.0 Å². The van der Waals surface area contributed by atoms with E-state index >= 15 is 0 Å². The average molecular weight is 567 g/mol. The Kier molecular flexibility index (Phi) is 6.98. The standard InChI is InChI=1S/C20H19ClF8N4O2S/c21-17(22)19(35)33(14-1-3-15(4-2-14)36(25,26,27,28)29)16(12-9-30-11-31-10-12)18(34)32-13-5-7-20(23,24)8-6-13/h1-4,9-11,13,16-17H,5-8H2,(H,32,34)/t16?,17-/m0/s1. The number of halogens is 9. The van der Waals surface area contributed by atoms with E-state index in [2.05, 4.69) is 15.3 Å². The molecule has 1 saturated carbocycles. The summed E-state index contributed by atoms with van der Waals surface area (Å²) in [6.45, 7) is 0. The molecule has 2 amide bonds. The second-order valence-corrected chi connectivity index (χ2v) is 11.0. The number of hydrogen-bond donors (Lipinski definition) is 1. The molecule has 1 fully saturated rings. The van der Waals surface area contributed by atoms with Crippen LogP contribution in [0, 0.1) is 0 Å². The van der Waals surface area contributed by atoms with Crippen LogP contribution in [0.5, 0.6) is 0 Å². The van der Waals surface area contributed by atoms with Crippen molar-refractivity contribution in [1.82, 2.24) is 15.3 Å². The topological polar surface area (TPSA) is 75.2 Å². The van der Waals surface area contributed by atoms with Crippen LogP contribution in [0.15, 0.2) is 47.9 Å². The van der Waals surface area contributed by atoms with Gasteiger partial charge in [0.2, 0.25) is 11.8 Å². The van der Waals surface area contributed by atoms with E-state index in [9.17, 15) is 42.2 Å². The van der Waals surface area contributed by atoms with Gasteiger partial charge in [0, 0.05) is 42.5 Å². The lowest BCUT2D eigenvalue weighted by molar-refractivity contribution is -0.128. The molecule has 200 valence electrons.